The first-order valence-corrected chi connectivity index (χ1v) is 10.0. The summed E-state index contributed by atoms with van der Waals surface area (Å²) >= 11 is 0. The number of piperidine rings is 1. The van der Waals surface area contributed by atoms with Gasteiger partial charge in [0.2, 0.25) is 11.9 Å². The maximum atomic E-state index is 13.4. The molecular formula is C22H28N4O. The molecule has 2 aliphatic rings. The minimum absolute atomic E-state index is 0.0368. The Morgan fingerprint density at radius 2 is 1.81 bits per heavy atom. The van der Waals surface area contributed by atoms with Crippen LogP contribution in [0.4, 0.5) is 5.95 Å². The van der Waals surface area contributed by atoms with Crippen LogP contribution >= 0.6 is 0 Å². The van der Waals surface area contributed by atoms with Crippen LogP contribution in [0.1, 0.15) is 48.4 Å². The van der Waals surface area contributed by atoms with Gasteiger partial charge in [0.25, 0.3) is 0 Å². The van der Waals surface area contributed by atoms with E-state index in [1.165, 1.54) is 16.7 Å². The number of carbonyl (C=O) groups is 1. The Morgan fingerprint density at radius 1 is 1.04 bits per heavy atom. The highest BCUT2D eigenvalue weighted by molar-refractivity contribution is 5.80. The van der Waals surface area contributed by atoms with Gasteiger partial charge in [-0.25, -0.2) is 9.97 Å². The van der Waals surface area contributed by atoms with E-state index in [0.29, 0.717) is 5.91 Å². The number of benzene rings is 1. The van der Waals surface area contributed by atoms with Crippen LogP contribution in [0.3, 0.4) is 0 Å². The number of anilines is 1. The molecule has 0 spiro atoms. The molecule has 27 heavy (non-hydrogen) atoms. The molecule has 2 aromatic rings. The number of amides is 1. The van der Waals surface area contributed by atoms with Crippen LogP contribution in [0.25, 0.3) is 0 Å². The summed E-state index contributed by atoms with van der Waals surface area (Å²) in [6.45, 7) is 6.81. The van der Waals surface area contributed by atoms with Crippen molar-refractivity contribution in [3.05, 3.63) is 53.3 Å². The molecule has 0 unspecified atom stereocenters. The van der Waals surface area contributed by atoms with Crippen LogP contribution in [0.2, 0.25) is 0 Å². The van der Waals surface area contributed by atoms with Gasteiger partial charge in [0.05, 0.1) is 12.0 Å². The van der Waals surface area contributed by atoms with Gasteiger partial charge in [0.1, 0.15) is 0 Å². The van der Waals surface area contributed by atoms with Crippen molar-refractivity contribution in [2.24, 2.45) is 5.92 Å². The predicted octanol–water partition coefficient (Wildman–Crippen LogP) is 3.67. The molecular weight excluding hydrogens is 336 g/mol. The second-order valence-electron chi connectivity index (χ2n) is 7.87. The van der Waals surface area contributed by atoms with Crippen molar-refractivity contribution in [3.63, 3.8) is 0 Å². The molecule has 1 aromatic carbocycles. The topological polar surface area (TPSA) is 49.3 Å². The second kappa shape index (κ2) is 7.67. The number of rotatable bonds is 3. The Balaban J connectivity index is 1.50. The average molecular weight is 364 g/mol. The lowest BCUT2D eigenvalue weighted by molar-refractivity contribution is -0.136. The highest BCUT2D eigenvalue weighted by Crippen LogP contribution is 2.35. The van der Waals surface area contributed by atoms with E-state index in [2.05, 4.69) is 51.8 Å². The molecule has 0 radical (unpaired) electrons. The molecule has 2 aliphatic heterocycles. The van der Waals surface area contributed by atoms with E-state index >= 15 is 0 Å². The van der Waals surface area contributed by atoms with Crippen molar-refractivity contribution in [2.45, 2.75) is 45.6 Å². The zero-order valence-corrected chi connectivity index (χ0v) is 16.3. The van der Waals surface area contributed by atoms with Crippen molar-refractivity contribution < 1.29 is 4.79 Å². The largest absolute Gasteiger partial charge is 0.340 e. The number of aromatic nitrogens is 2. The standard InChI is InChI=1S/C22H28N4O/c1-16-8-9-18(14-17(16)2)20-7-4-13-26(20)21(27)19-6-3-12-25(15-19)22-23-10-5-11-24-22/h5,8-11,14,19-20H,3-4,6-7,12-13,15H2,1-2H3/t19-,20+/m1/s1. The summed E-state index contributed by atoms with van der Waals surface area (Å²) in [7, 11) is 0. The van der Waals surface area contributed by atoms with Crippen molar-refractivity contribution >= 4 is 11.9 Å². The van der Waals surface area contributed by atoms with Gasteiger partial charge in [-0.15, -0.1) is 0 Å². The van der Waals surface area contributed by atoms with E-state index in [0.717, 1.165) is 51.3 Å². The van der Waals surface area contributed by atoms with E-state index in [1.54, 1.807) is 12.4 Å². The molecule has 3 heterocycles. The number of aryl methyl sites for hydroxylation is 2. The van der Waals surface area contributed by atoms with Gasteiger partial charge in [-0.3, -0.25) is 4.79 Å². The first-order valence-electron chi connectivity index (χ1n) is 10.0. The maximum absolute atomic E-state index is 13.4. The molecule has 1 aromatic heterocycles. The molecule has 5 heteroatoms. The van der Waals surface area contributed by atoms with Crippen LogP contribution < -0.4 is 4.90 Å². The number of likely N-dealkylation sites (tertiary alicyclic amines) is 1. The van der Waals surface area contributed by atoms with Crippen LogP contribution in [0.5, 0.6) is 0 Å². The summed E-state index contributed by atoms with van der Waals surface area (Å²) in [6, 6.07) is 8.69. The highest BCUT2D eigenvalue weighted by Gasteiger charge is 2.36. The van der Waals surface area contributed by atoms with Gasteiger partial charge in [-0.1, -0.05) is 18.2 Å². The first-order chi connectivity index (χ1) is 13.1. The Bertz CT molecular complexity index is 807. The summed E-state index contributed by atoms with van der Waals surface area (Å²) < 4.78 is 0. The summed E-state index contributed by atoms with van der Waals surface area (Å²) in [6.07, 6.45) is 7.65. The van der Waals surface area contributed by atoms with Crippen molar-refractivity contribution in [3.8, 4) is 0 Å². The number of carbonyl (C=O) groups excluding carboxylic acids is 1. The lowest BCUT2D eigenvalue weighted by Gasteiger charge is -2.35. The first kappa shape index (κ1) is 18.0. The van der Waals surface area contributed by atoms with Crippen molar-refractivity contribution in [2.75, 3.05) is 24.5 Å². The minimum atomic E-state index is 0.0368. The zero-order chi connectivity index (χ0) is 18.8. The molecule has 4 rings (SSSR count). The number of nitrogens with zero attached hydrogens (tertiary/aromatic N) is 4. The molecule has 0 saturated carbocycles. The van der Waals surface area contributed by atoms with Gasteiger partial charge in [-0.05, 0) is 62.3 Å². The predicted molar refractivity (Wildman–Crippen MR) is 107 cm³/mol. The number of hydrogen-bond donors (Lipinski definition) is 0. The summed E-state index contributed by atoms with van der Waals surface area (Å²) in [5.41, 5.74) is 3.89. The Morgan fingerprint density at radius 3 is 2.59 bits per heavy atom. The van der Waals surface area contributed by atoms with E-state index < -0.39 is 0 Å². The molecule has 2 atom stereocenters. The number of hydrogen-bond acceptors (Lipinski definition) is 4. The van der Waals surface area contributed by atoms with Crippen molar-refractivity contribution in [1.29, 1.82) is 0 Å². The normalized spacial score (nSPS) is 22.9. The highest BCUT2D eigenvalue weighted by atomic mass is 16.2. The van der Waals surface area contributed by atoms with Crippen molar-refractivity contribution in [1.82, 2.24) is 14.9 Å². The third-order valence-corrected chi connectivity index (χ3v) is 6.06. The third-order valence-electron chi connectivity index (χ3n) is 6.06. The Hall–Kier alpha value is -2.43. The second-order valence-corrected chi connectivity index (χ2v) is 7.87. The summed E-state index contributed by atoms with van der Waals surface area (Å²) in [4.78, 5) is 26.4. The fourth-order valence-corrected chi connectivity index (χ4v) is 4.40. The van der Waals surface area contributed by atoms with Crippen LogP contribution in [-0.4, -0.2) is 40.4 Å². The minimum Gasteiger partial charge on any atom is -0.340 e. The molecule has 0 N–H and O–H groups in total. The lowest BCUT2D eigenvalue weighted by atomic mass is 9.95. The van der Waals surface area contributed by atoms with Gasteiger partial charge in [0, 0.05) is 32.0 Å². The SMILES string of the molecule is Cc1ccc([C@@H]2CCCN2C(=O)[C@@H]2CCCN(c3ncccn3)C2)cc1C. The van der Waals surface area contributed by atoms with Gasteiger partial charge in [0.15, 0.2) is 0 Å². The Kier molecular flexibility index (Phi) is 5.10. The quantitative estimate of drug-likeness (QED) is 0.834. The molecule has 0 aliphatic carbocycles. The van der Waals surface area contributed by atoms with E-state index in [-0.39, 0.29) is 12.0 Å². The van der Waals surface area contributed by atoms with Gasteiger partial charge < -0.3 is 9.80 Å². The molecule has 2 saturated heterocycles. The lowest BCUT2D eigenvalue weighted by Crippen LogP contribution is -2.45. The Labute approximate surface area is 161 Å². The van der Waals surface area contributed by atoms with Gasteiger partial charge in [-0.2, -0.15) is 0 Å². The summed E-state index contributed by atoms with van der Waals surface area (Å²) in [5.74, 6) is 1.08. The fourth-order valence-electron chi connectivity index (χ4n) is 4.40. The summed E-state index contributed by atoms with van der Waals surface area (Å²) in [5, 5.41) is 0. The molecule has 0 bridgehead atoms. The third kappa shape index (κ3) is 3.68. The van der Waals surface area contributed by atoms with E-state index in [1.807, 2.05) is 6.07 Å². The van der Waals surface area contributed by atoms with Crippen LogP contribution in [0, 0.1) is 19.8 Å². The smallest absolute Gasteiger partial charge is 0.227 e. The van der Waals surface area contributed by atoms with Crippen LogP contribution in [0.15, 0.2) is 36.7 Å². The molecule has 1 amide bonds. The van der Waals surface area contributed by atoms with E-state index in [9.17, 15) is 4.79 Å². The zero-order valence-electron chi connectivity index (χ0n) is 16.3. The molecule has 2 fully saturated rings. The van der Waals surface area contributed by atoms with E-state index in [4.69, 9.17) is 0 Å². The van der Waals surface area contributed by atoms with Gasteiger partial charge >= 0.3 is 0 Å². The molecule has 5 nitrogen and oxygen atoms in total. The maximum Gasteiger partial charge on any atom is 0.227 e. The average Bonchev–Trinajstić information content (AvgIpc) is 3.20. The molecule has 142 valence electrons. The fraction of sp³-hybridized carbons (Fsp3) is 0.500. The monoisotopic (exact) mass is 364 g/mol. The van der Waals surface area contributed by atoms with Crippen LogP contribution in [-0.2, 0) is 4.79 Å².